The van der Waals surface area contributed by atoms with Gasteiger partial charge in [-0.25, -0.2) is 8.42 Å². The van der Waals surface area contributed by atoms with Crippen LogP contribution < -0.4 is 5.32 Å². The molecule has 0 aliphatic carbocycles. The van der Waals surface area contributed by atoms with E-state index in [4.69, 9.17) is 0 Å². The van der Waals surface area contributed by atoms with Crippen LogP contribution in [-0.4, -0.2) is 51.4 Å². The van der Waals surface area contributed by atoms with E-state index >= 15 is 0 Å². The second-order valence-corrected chi connectivity index (χ2v) is 8.03. The molecule has 0 saturated carbocycles. The van der Waals surface area contributed by atoms with Gasteiger partial charge in [-0.15, -0.1) is 24.0 Å². The lowest BCUT2D eigenvalue weighted by molar-refractivity contribution is -0.137. The molecule has 5 nitrogen and oxygen atoms in total. The van der Waals surface area contributed by atoms with Crippen LogP contribution in [0.3, 0.4) is 0 Å². The highest BCUT2D eigenvalue weighted by Crippen LogP contribution is 2.29. The van der Waals surface area contributed by atoms with Crippen LogP contribution >= 0.6 is 24.0 Å². The number of sulfone groups is 1. The number of halogens is 4. The van der Waals surface area contributed by atoms with Crippen LogP contribution in [0.5, 0.6) is 0 Å². The summed E-state index contributed by atoms with van der Waals surface area (Å²) >= 11 is 0. The summed E-state index contributed by atoms with van der Waals surface area (Å²) in [6.45, 7) is 3.27. The Morgan fingerprint density at radius 1 is 1.23 bits per heavy atom. The lowest BCUT2D eigenvalue weighted by atomic mass is 10.1. The topological polar surface area (TPSA) is 61.8 Å². The second kappa shape index (κ2) is 11.0. The number of alkyl halides is 3. The molecule has 0 atom stereocenters. The summed E-state index contributed by atoms with van der Waals surface area (Å²) in [6, 6.07) is 4.98. The minimum Gasteiger partial charge on any atom is -0.357 e. The number of benzene rings is 1. The molecule has 0 saturated heterocycles. The van der Waals surface area contributed by atoms with Gasteiger partial charge < -0.3 is 10.2 Å². The van der Waals surface area contributed by atoms with Crippen LogP contribution in [-0.2, 0) is 22.6 Å². The Hall–Kier alpha value is -1.04. The number of nitrogens with zero attached hydrogens (tertiary/aromatic N) is 2. The Bertz CT molecular complexity index is 677. The van der Waals surface area contributed by atoms with Gasteiger partial charge in [0.05, 0.1) is 11.3 Å². The molecular formula is C16H25F3IN3O2S. The molecule has 0 heterocycles. The molecule has 0 fully saturated rings. The maximum atomic E-state index is 12.6. The molecule has 1 aromatic rings. The molecule has 0 aliphatic heterocycles. The first-order valence-electron chi connectivity index (χ1n) is 7.86. The molecule has 26 heavy (non-hydrogen) atoms. The lowest BCUT2D eigenvalue weighted by Gasteiger charge is -2.22. The van der Waals surface area contributed by atoms with Crippen molar-refractivity contribution in [2.24, 2.45) is 4.99 Å². The van der Waals surface area contributed by atoms with Crippen molar-refractivity contribution < 1.29 is 21.6 Å². The number of hydrogen-bond donors (Lipinski definition) is 1. The standard InChI is InChI=1S/C16H24F3N3O2S.HI/c1-4-20-15(21-10-5-11-25(3,23)24)22(2)12-13-6-8-14(9-7-13)16(17,18)19;/h6-9H,4-5,10-12H2,1-3H3,(H,20,21);1H. The molecule has 1 aromatic carbocycles. The smallest absolute Gasteiger partial charge is 0.357 e. The fraction of sp³-hybridized carbons (Fsp3) is 0.562. The van der Waals surface area contributed by atoms with Gasteiger partial charge in [0.25, 0.3) is 0 Å². The van der Waals surface area contributed by atoms with Crippen molar-refractivity contribution in [3.05, 3.63) is 35.4 Å². The van der Waals surface area contributed by atoms with E-state index < -0.39 is 21.6 Å². The van der Waals surface area contributed by atoms with Crippen LogP contribution in [0.15, 0.2) is 29.3 Å². The SMILES string of the molecule is CCNC(=NCCCS(C)(=O)=O)N(C)Cc1ccc(C(F)(F)F)cc1.I. The molecule has 0 unspecified atom stereocenters. The van der Waals surface area contributed by atoms with Crippen LogP contribution in [0.4, 0.5) is 13.2 Å². The zero-order valence-corrected chi connectivity index (χ0v) is 18.2. The van der Waals surface area contributed by atoms with Gasteiger partial charge in [-0.2, -0.15) is 13.2 Å². The summed E-state index contributed by atoms with van der Waals surface area (Å²) in [4.78, 5) is 6.14. The highest BCUT2D eigenvalue weighted by Gasteiger charge is 2.29. The van der Waals surface area contributed by atoms with Crippen LogP contribution in [0.1, 0.15) is 24.5 Å². The molecule has 0 radical (unpaired) electrons. The van der Waals surface area contributed by atoms with E-state index in [0.29, 0.717) is 32.0 Å². The highest BCUT2D eigenvalue weighted by molar-refractivity contribution is 14.0. The molecule has 1 N–H and O–H groups in total. The molecule has 10 heteroatoms. The lowest BCUT2D eigenvalue weighted by Crippen LogP contribution is -2.38. The van der Waals surface area contributed by atoms with Crippen LogP contribution in [0.25, 0.3) is 0 Å². The Morgan fingerprint density at radius 3 is 2.27 bits per heavy atom. The summed E-state index contributed by atoms with van der Waals surface area (Å²) in [5, 5.41) is 3.08. The second-order valence-electron chi connectivity index (χ2n) is 5.77. The zero-order valence-electron chi connectivity index (χ0n) is 15.0. The maximum Gasteiger partial charge on any atom is 0.416 e. The van der Waals surface area contributed by atoms with Crippen molar-refractivity contribution >= 4 is 39.8 Å². The van der Waals surface area contributed by atoms with Gasteiger partial charge >= 0.3 is 6.18 Å². The van der Waals surface area contributed by atoms with Crippen molar-refractivity contribution in [1.29, 1.82) is 0 Å². The summed E-state index contributed by atoms with van der Waals surface area (Å²) < 4.78 is 60.0. The average Bonchev–Trinajstić information content (AvgIpc) is 2.49. The molecule has 0 amide bonds. The summed E-state index contributed by atoms with van der Waals surface area (Å²) in [7, 11) is -1.24. The number of guanidine groups is 1. The Kier molecular flexibility index (Phi) is 10.5. The normalized spacial score (nSPS) is 12.5. The molecule has 0 bridgehead atoms. The predicted octanol–water partition coefficient (Wildman–Crippen LogP) is 3.16. The van der Waals surface area contributed by atoms with Crippen molar-refractivity contribution in [2.45, 2.75) is 26.1 Å². The van der Waals surface area contributed by atoms with Crippen LogP contribution in [0, 0.1) is 0 Å². The fourth-order valence-corrected chi connectivity index (χ4v) is 2.78. The third kappa shape index (κ3) is 9.60. The first-order chi connectivity index (χ1) is 11.5. The van der Waals surface area contributed by atoms with Crippen LogP contribution in [0.2, 0.25) is 0 Å². The quantitative estimate of drug-likeness (QED) is 0.267. The molecule has 1 rings (SSSR count). The number of aliphatic imine (C=N–C) groups is 1. The predicted molar refractivity (Wildman–Crippen MR) is 109 cm³/mol. The van der Waals surface area contributed by atoms with Crippen molar-refractivity contribution in [2.75, 3.05) is 32.1 Å². The van der Waals surface area contributed by atoms with E-state index in [1.807, 2.05) is 6.92 Å². The number of nitrogens with one attached hydrogen (secondary N) is 1. The largest absolute Gasteiger partial charge is 0.416 e. The maximum absolute atomic E-state index is 12.6. The van der Waals surface area contributed by atoms with E-state index in [9.17, 15) is 21.6 Å². The fourth-order valence-electron chi connectivity index (χ4n) is 2.13. The summed E-state index contributed by atoms with van der Waals surface area (Å²) in [6.07, 6.45) is -2.75. The first kappa shape index (κ1) is 25.0. The van der Waals surface area contributed by atoms with Gasteiger partial charge in [-0.1, -0.05) is 12.1 Å². The van der Waals surface area contributed by atoms with E-state index in [1.165, 1.54) is 18.4 Å². The summed E-state index contributed by atoms with van der Waals surface area (Å²) in [5.41, 5.74) is 0.0393. The Balaban J connectivity index is 0.00000625. The Labute approximate surface area is 170 Å². The van der Waals surface area contributed by atoms with Gasteiger partial charge in [0, 0.05) is 32.9 Å². The molecular weight excluding hydrogens is 482 g/mol. The third-order valence-electron chi connectivity index (χ3n) is 3.33. The van der Waals surface area contributed by atoms with E-state index in [2.05, 4.69) is 10.3 Å². The van der Waals surface area contributed by atoms with Crippen molar-refractivity contribution in [1.82, 2.24) is 10.2 Å². The average molecular weight is 507 g/mol. The van der Waals surface area contributed by atoms with Gasteiger partial charge in [0.2, 0.25) is 0 Å². The zero-order chi connectivity index (χ0) is 19.1. The molecule has 0 spiro atoms. The molecule has 0 aromatic heterocycles. The number of rotatable bonds is 7. The molecule has 0 aliphatic rings. The van der Waals surface area contributed by atoms with E-state index in [1.54, 1.807) is 11.9 Å². The third-order valence-corrected chi connectivity index (χ3v) is 4.36. The van der Waals surface area contributed by atoms with Gasteiger partial charge in [-0.3, -0.25) is 4.99 Å². The summed E-state index contributed by atoms with van der Waals surface area (Å²) in [5.74, 6) is 0.648. The first-order valence-corrected chi connectivity index (χ1v) is 9.92. The minimum atomic E-state index is -4.35. The van der Waals surface area contributed by atoms with E-state index in [0.717, 1.165) is 17.7 Å². The highest BCUT2D eigenvalue weighted by atomic mass is 127. The van der Waals surface area contributed by atoms with E-state index in [-0.39, 0.29) is 29.7 Å². The van der Waals surface area contributed by atoms with Gasteiger partial charge in [-0.05, 0) is 31.0 Å². The van der Waals surface area contributed by atoms with Gasteiger partial charge in [0.1, 0.15) is 9.84 Å². The Morgan fingerprint density at radius 2 is 1.81 bits per heavy atom. The van der Waals surface area contributed by atoms with Gasteiger partial charge in [0.15, 0.2) is 5.96 Å². The van der Waals surface area contributed by atoms with Crippen molar-refractivity contribution in [3.8, 4) is 0 Å². The number of hydrogen-bond acceptors (Lipinski definition) is 3. The molecule has 150 valence electrons. The minimum absolute atomic E-state index is 0. The van der Waals surface area contributed by atoms with Crippen molar-refractivity contribution in [3.63, 3.8) is 0 Å². The monoisotopic (exact) mass is 507 g/mol.